The molecular weight excluding hydrogens is 321 g/mol. The van der Waals surface area contributed by atoms with Crippen molar-refractivity contribution >= 4 is 5.97 Å². The van der Waals surface area contributed by atoms with Crippen LogP contribution in [0.3, 0.4) is 0 Å². The molecule has 1 saturated carbocycles. The van der Waals surface area contributed by atoms with Crippen molar-refractivity contribution < 1.29 is 18.7 Å². The van der Waals surface area contributed by atoms with E-state index in [1.165, 1.54) is 19.2 Å². The largest absolute Gasteiger partial charge is 0.468 e. The summed E-state index contributed by atoms with van der Waals surface area (Å²) in [5.41, 5.74) is 0.157. The first-order valence-corrected chi connectivity index (χ1v) is 8.88. The van der Waals surface area contributed by atoms with Crippen LogP contribution in [0.4, 0.5) is 4.39 Å². The van der Waals surface area contributed by atoms with Crippen molar-refractivity contribution in [3.63, 3.8) is 0 Å². The molecule has 3 rings (SSSR count). The molecule has 25 heavy (non-hydrogen) atoms. The van der Waals surface area contributed by atoms with Crippen molar-refractivity contribution in [3.05, 3.63) is 35.6 Å². The van der Waals surface area contributed by atoms with Crippen molar-refractivity contribution in [2.24, 2.45) is 11.3 Å². The lowest BCUT2D eigenvalue weighted by Gasteiger charge is -2.48. The summed E-state index contributed by atoms with van der Waals surface area (Å²) in [6, 6.07) is 8.52. The zero-order valence-electron chi connectivity index (χ0n) is 14.6. The number of nitrogens with zero attached hydrogens (tertiary/aromatic N) is 1. The van der Waals surface area contributed by atoms with Gasteiger partial charge in [-0.1, -0.05) is 25.0 Å². The Labute approximate surface area is 147 Å². The third kappa shape index (κ3) is 3.55. The Bertz CT molecular complexity index is 661. The highest BCUT2D eigenvalue weighted by Crippen LogP contribution is 2.52. The molecule has 0 aromatic heterocycles. The SMILES string of the molecule is COC(=O)C(C#N)C1(Cc2ccc(F)cc2)CCOC2(CCCC2)C1. The summed E-state index contributed by atoms with van der Waals surface area (Å²) in [6.45, 7) is 0.538. The summed E-state index contributed by atoms with van der Waals surface area (Å²) < 4.78 is 24.3. The van der Waals surface area contributed by atoms with Gasteiger partial charge < -0.3 is 9.47 Å². The summed E-state index contributed by atoms with van der Waals surface area (Å²) in [5.74, 6) is -1.62. The quantitative estimate of drug-likeness (QED) is 0.779. The van der Waals surface area contributed by atoms with Gasteiger partial charge in [-0.15, -0.1) is 0 Å². The molecule has 1 saturated heterocycles. The fourth-order valence-corrected chi connectivity index (χ4v) is 4.66. The van der Waals surface area contributed by atoms with Crippen LogP contribution >= 0.6 is 0 Å². The fraction of sp³-hybridized carbons (Fsp3) is 0.600. The molecule has 134 valence electrons. The Morgan fingerprint density at radius 2 is 2.00 bits per heavy atom. The Balaban J connectivity index is 1.96. The number of esters is 1. The van der Waals surface area contributed by atoms with Crippen LogP contribution in [0, 0.1) is 28.5 Å². The van der Waals surface area contributed by atoms with E-state index in [9.17, 15) is 14.4 Å². The summed E-state index contributed by atoms with van der Waals surface area (Å²) in [6.07, 6.45) is 6.01. The Hall–Kier alpha value is -1.93. The normalized spacial score (nSPS) is 26.1. The molecule has 2 unspecified atom stereocenters. The molecule has 1 aromatic rings. The van der Waals surface area contributed by atoms with Gasteiger partial charge in [0.2, 0.25) is 0 Å². The van der Waals surface area contributed by atoms with Crippen molar-refractivity contribution in [2.75, 3.05) is 13.7 Å². The average molecular weight is 345 g/mol. The number of benzene rings is 1. The first kappa shape index (κ1) is 17.9. The number of ether oxygens (including phenoxy) is 2. The molecule has 1 aliphatic heterocycles. The maximum absolute atomic E-state index is 13.3. The minimum Gasteiger partial charge on any atom is -0.468 e. The lowest BCUT2D eigenvalue weighted by Crippen LogP contribution is -2.50. The molecule has 5 heteroatoms. The number of rotatable bonds is 4. The Morgan fingerprint density at radius 1 is 1.32 bits per heavy atom. The third-order valence-corrected chi connectivity index (χ3v) is 5.85. The van der Waals surface area contributed by atoms with E-state index in [-0.39, 0.29) is 11.4 Å². The van der Waals surface area contributed by atoms with Crippen LogP contribution in [0.2, 0.25) is 0 Å². The molecule has 0 bridgehead atoms. The monoisotopic (exact) mass is 345 g/mol. The van der Waals surface area contributed by atoms with Gasteiger partial charge in [0, 0.05) is 12.0 Å². The highest BCUT2D eigenvalue weighted by atomic mass is 19.1. The molecule has 1 aliphatic carbocycles. The van der Waals surface area contributed by atoms with Crippen LogP contribution < -0.4 is 0 Å². The maximum atomic E-state index is 13.3. The van der Waals surface area contributed by atoms with E-state index >= 15 is 0 Å². The van der Waals surface area contributed by atoms with Crippen LogP contribution in [0.1, 0.15) is 44.1 Å². The molecule has 0 amide bonds. The zero-order chi connectivity index (χ0) is 17.9. The number of hydrogen-bond donors (Lipinski definition) is 0. The van der Waals surface area contributed by atoms with Gasteiger partial charge in [0.25, 0.3) is 0 Å². The van der Waals surface area contributed by atoms with Crippen LogP contribution in [-0.4, -0.2) is 25.3 Å². The highest BCUT2D eigenvalue weighted by molar-refractivity contribution is 5.76. The molecule has 2 fully saturated rings. The number of halogens is 1. The fourth-order valence-electron chi connectivity index (χ4n) is 4.66. The van der Waals surface area contributed by atoms with Gasteiger partial charge in [0.05, 0.1) is 18.8 Å². The molecule has 1 heterocycles. The van der Waals surface area contributed by atoms with Crippen molar-refractivity contribution in [3.8, 4) is 6.07 Å². The van der Waals surface area contributed by atoms with E-state index in [4.69, 9.17) is 9.47 Å². The van der Waals surface area contributed by atoms with Gasteiger partial charge >= 0.3 is 5.97 Å². The predicted molar refractivity (Wildman–Crippen MR) is 90.0 cm³/mol. The lowest BCUT2D eigenvalue weighted by atomic mass is 9.62. The van der Waals surface area contributed by atoms with Crippen LogP contribution in [0.15, 0.2) is 24.3 Å². The molecular formula is C20H24FNO3. The van der Waals surface area contributed by atoms with Gasteiger partial charge in [-0.25, -0.2) is 4.39 Å². The predicted octanol–water partition coefficient (Wildman–Crippen LogP) is 3.79. The molecule has 1 aromatic carbocycles. The van der Waals surface area contributed by atoms with E-state index < -0.39 is 17.3 Å². The minimum atomic E-state index is -0.844. The third-order valence-electron chi connectivity index (χ3n) is 5.85. The van der Waals surface area contributed by atoms with E-state index in [0.29, 0.717) is 25.9 Å². The van der Waals surface area contributed by atoms with E-state index in [1.807, 2.05) is 0 Å². The standard InChI is InChI=1S/C20H24FNO3/c1-24-18(23)17(13-22)19(12-15-4-6-16(21)7-5-15)10-11-25-20(14-19)8-2-3-9-20/h4-7,17H,2-3,8-12,14H2,1H3. The lowest BCUT2D eigenvalue weighted by molar-refractivity contribution is -0.161. The van der Waals surface area contributed by atoms with Crippen LogP contribution in [-0.2, 0) is 20.7 Å². The first-order valence-electron chi connectivity index (χ1n) is 8.88. The average Bonchev–Trinajstić information content (AvgIpc) is 3.04. The summed E-state index contributed by atoms with van der Waals surface area (Å²) >= 11 is 0. The molecule has 2 aliphatic rings. The zero-order valence-corrected chi connectivity index (χ0v) is 14.6. The molecule has 0 N–H and O–H groups in total. The van der Waals surface area contributed by atoms with Crippen molar-refractivity contribution in [1.29, 1.82) is 5.26 Å². The smallest absolute Gasteiger partial charge is 0.323 e. The maximum Gasteiger partial charge on any atom is 0.323 e. The van der Waals surface area contributed by atoms with Gasteiger partial charge in [-0.05, 0) is 49.8 Å². The van der Waals surface area contributed by atoms with E-state index in [1.54, 1.807) is 12.1 Å². The second kappa shape index (κ2) is 7.13. The Kier molecular flexibility index (Phi) is 5.10. The van der Waals surface area contributed by atoms with Gasteiger partial charge in [0.1, 0.15) is 11.7 Å². The summed E-state index contributed by atoms with van der Waals surface area (Å²) in [5, 5.41) is 9.75. The molecule has 0 radical (unpaired) electrons. The highest BCUT2D eigenvalue weighted by Gasteiger charge is 2.53. The second-order valence-electron chi connectivity index (χ2n) is 7.42. The van der Waals surface area contributed by atoms with Gasteiger partial charge in [-0.2, -0.15) is 5.26 Å². The first-order chi connectivity index (χ1) is 12.0. The Morgan fingerprint density at radius 3 is 2.60 bits per heavy atom. The van der Waals surface area contributed by atoms with E-state index in [2.05, 4.69) is 6.07 Å². The topological polar surface area (TPSA) is 59.3 Å². The van der Waals surface area contributed by atoms with Gasteiger partial charge in [0.15, 0.2) is 0 Å². The van der Waals surface area contributed by atoms with Gasteiger partial charge in [-0.3, -0.25) is 4.79 Å². The minimum absolute atomic E-state index is 0.235. The molecule has 4 nitrogen and oxygen atoms in total. The summed E-state index contributed by atoms with van der Waals surface area (Å²) in [7, 11) is 1.32. The van der Waals surface area contributed by atoms with Crippen molar-refractivity contribution in [1.82, 2.24) is 0 Å². The van der Waals surface area contributed by atoms with Crippen molar-refractivity contribution in [2.45, 2.75) is 50.5 Å². The number of methoxy groups -OCH3 is 1. The molecule has 2 atom stereocenters. The summed E-state index contributed by atoms with van der Waals surface area (Å²) in [4.78, 5) is 12.3. The molecule has 1 spiro atoms. The second-order valence-corrected chi connectivity index (χ2v) is 7.42. The van der Waals surface area contributed by atoms with Crippen LogP contribution in [0.5, 0.6) is 0 Å². The van der Waals surface area contributed by atoms with Crippen LogP contribution in [0.25, 0.3) is 0 Å². The van der Waals surface area contributed by atoms with E-state index in [0.717, 1.165) is 31.2 Å². The number of hydrogen-bond acceptors (Lipinski definition) is 4. The number of carbonyl (C=O) groups is 1. The number of nitriles is 1. The number of carbonyl (C=O) groups excluding carboxylic acids is 1.